The van der Waals surface area contributed by atoms with Crippen LogP contribution in [0.1, 0.15) is 22.3 Å². The highest BCUT2D eigenvalue weighted by Crippen LogP contribution is 2.33. The van der Waals surface area contributed by atoms with Crippen LogP contribution >= 0.6 is 0 Å². The summed E-state index contributed by atoms with van der Waals surface area (Å²) in [7, 11) is 0. The molecule has 0 aromatic heterocycles. The second-order valence-corrected chi connectivity index (χ2v) is 2.92. The van der Waals surface area contributed by atoms with E-state index in [0.717, 1.165) is 5.56 Å². The molecule has 0 spiro atoms. The monoisotopic (exact) mass is 164 g/mol. The molecule has 2 rings (SSSR count). The van der Waals surface area contributed by atoms with Crippen LogP contribution in [0.4, 0.5) is 0 Å². The number of phenolic OH excluding ortho intramolecular Hbond substituents is 2. The number of ketones is 1. The molecule has 2 N–H and O–H groups in total. The average molecular weight is 164 g/mol. The fourth-order valence-corrected chi connectivity index (χ4v) is 1.56. The van der Waals surface area contributed by atoms with E-state index in [-0.39, 0.29) is 17.3 Å². The summed E-state index contributed by atoms with van der Waals surface area (Å²) in [6.07, 6.45) is 1.06. The zero-order valence-corrected chi connectivity index (χ0v) is 6.37. The third kappa shape index (κ3) is 0.863. The molecule has 62 valence electrons. The molecule has 0 heterocycles. The Bertz CT molecular complexity index is 355. The number of Topliss-reactive ketones (excluding diaryl/α,β-unsaturated/α-hetero) is 1. The Hall–Kier alpha value is -1.51. The summed E-state index contributed by atoms with van der Waals surface area (Å²) < 4.78 is 0. The highest BCUT2D eigenvalue weighted by Gasteiger charge is 2.23. The van der Waals surface area contributed by atoms with Gasteiger partial charge in [0.25, 0.3) is 0 Å². The molecule has 0 amide bonds. The summed E-state index contributed by atoms with van der Waals surface area (Å²) in [4.78, 5) is 11.2. The van der Waals surface area contributed by atoms with Crippen molar-refractivity contribution in [2.45, 2.75) is 12.8 Å². The van der Waals surface area contributed by atoms with Gasteiger partial charge in [-0.1, -0.05) is 0 Å². The number of fused-ring (bicyclic) bond motifs is 1. The van der Waals surface area contributed by atoms with Crippen LogP contribution in [0.15, 0.2) is 12.1 Å². The maximum atomic E-state index is 11.2. The lowest BCUT2D eigenvalue weighted by molar-refractivity contribution is 0.0992. The Morgan fingerprint density at radius 2 is 1.92 bits per heavy atom. The molecule has 12 heavy (non-hydrogen) atoms. The molecule has 0 saturated heterocycles. The first kappa shape index (κ1) is 7.16. The SMILES string of the molecule is O=C1CCc2cc(O)cc(O)c21. The van der Waals surface area contributed by atoms with E-state index in [1.165, 1.54) is 12.1 Å². The number of hydrogen-bond acceptors (Lipinski definition) is 3. The molecule has 1 aromatic rings. The molecule has 3 nitrogen and oxygen atoms in total. The van der Waals surface area contributed by atoms with Gasteiger partial charge in [-0.15, -0.1) is 0 Å². The van der Waals surface area contributed by atoms with Gasteiger partial charge in [-0.25, -0.2) is 0 Å². The molecule has 1 aliphatic rings. The predicted octanol–water partition coefficient (Wildman–Crippen LogP) is 1.23. The minimum absolute atomic E-state index is 0.0148. The summed E-state index contributed by atoms with van der Waals surface area (Å²) in [6, 6.07) is 2.72. The molecule has 0 fully saturated rings. The van der Waals surface area contributed by atoms with Crippen molar-refractivity contribution in [2.24, 2.45) is 0 Å². The Labute approximate surface area is 69.3 Å². The molecule has 0 aliphatic heterocycles. The Kier molecular flexibility index (Phi) is 1.33. The van der Waals surface area contributed by atoms with Crippen molar-refractivity contribution in [3.05, 3.63) is 23.3 Å². The smallest absolute Gasteiger partial charge is 0.167 e. The van der Waals surface area contributed by atoms with E-state index in [1.54, 1.807) is 0 Å². The van der Waals surface area contributed by atoms with E-state index in [9.17, 15) is 9.90 Å². The van der Waals surface area contributed by atoms with Gasteiger partial charge >= 0.3 is 0 Å². The highest BCUT2D eigenvalue weighted by atomic mass is 16.3. The van der Waals surface area contributed by atoms with E-state index in [0.29, 0.717) is 18.4 Å². The molecular formula is C9H8O3. The zero-order chi connectivity index (χ0) is 8.72. The minimum atomic E-state index is -0.104. The van der Waals surface area contributed by atoms with Crippen LogP contribution in [-0.2, 0) is 6.42 Å². The molecule has 1 aliphatic carbocycles. The second kappa shape index (κ2) is 2.24. The topological polar surface area (TPSA) is 57.5 Å². The second-order valence-electron chi connectivity index (χ2n) is 2.92. The summed E-state index contributed by atoms with van der Waals surface area (Å²) >= 11 is 0. The quantitative estimate of drug-likeness (QED) is 0.606. The molecule has 0 saturated carbocycles. The first-order valence-electron chi connectivity index (χ1n) is 3.76. The number of phenols is 2. The molecule has 1 aromatic carbocycles. The van der Waals surface area contributed by atoms with Crippen LogP contribution in [0.5, 0.6) is 11.5 Å². The number of benzene rings is 1. The van der Waals surface area contributed by atoms with Crippen LogP contribution in [-0.4, -0.2) is 16.0 Å². The number of aromatic hydroxyl groups is 2. The third-order valence-electron chi connectivity index (χ3n) is 2.08. The van der Waals surface area contributed by atoms with Gasteiger partial charge in [0.15, 0.2) is 5.78 Å². The third-order valence-corrected chi connectivity index (χ3v) is 2.08. The Morgan fingerprint density at radius 3 is 2.67 bits per heavy atom. The van der Waals surface area contributed by atoms with Gasteiger partial charge in [0.1, 0.15) is 11.5 Å². The summed E-state index contributed by atoms with van der Waals surface area (Å²) in [5.74, 6) is -0.129. The molecule has 3 heteroatoms. The lowest BCUT2D eigenvalue weighted by Crippen LogP contribution is -1.91. The van der Waals surface area contributed by atoms with Gasteiger partial charge in [0.05, 0.1) is 5.56 Å². The fraction of sp³-hybridized carbons (Fsp3) is 0.222. The largest absolute Gasteiger partial charge is 0.508 e. The van der Waals surface area contributed by atoms with Crippen LogP contribution < -0.4 is 0 Å². The first-order chi connectivity index (χ1) is 5.68. The fourth-order valence-electron chi connectivity index (χ4n) is 1.56. The van der Waals surface area contributed by atoms with Crippen LogP contribution in [0, 0.1) is 0 Å². The van der Waals surface area contributed by atoms with Gasteiger partial charge < -0.3 is 10.2 Å². The number of aryl methyl sites for hydroxylation is 1. The maximum absolute atomic E-state index is 11.2. The number of hydrogen-bond donors (Lipinski definition) is 2. The lowest BCUT2D eigenvalue weighted by atomic mass is 10.1. The summed E-state index contributed by atoms with van der Waals surface area (Å²) in [6.45, 7) is 0. The Morgan fingerprint density at radius 1 is 1.17 bits per heavy atom. The van der Waals surface area contributed by atoms with Crippen molar-refractivity contribution in [2.75, 3.05) is 0 Å². The van der Waals surface area contributed by atoms with Gasteiger partial charge in [0, 0.05) is 12.5 Å². The molecule has 0 unspecified atom stereocenters. The van der Waals surface area contributed by atoms with Crippen molar-refractivity contribution in [1.29, 1.82) is 0 Å². The van der Waals surface area contributed by atoms with E-state index >= 15 is 0 Å². The van der Waals surface area contributed by atoms with E-state index < -0.39 is 0 Å². The molecule has 0 atom stereocenters. The highest BCUT2D eigenvalue weighted by molar-refractivity contribution is 6.03. The molecule has 0 bridgehead atoms. The van der Waals surface area contributed by atoms with Crippen molar-refractivity contribution < 1.29 is 15.0 Å². The number of rotatable bonds is 0. The standard InChI is InChI=1S/C9H8O3/c10-6-3-5-1-2-7(11)9(5)8(12)4-6/h3-4,10,12H,1-2H2. The van der Waals surface area contributed by atoms with Gasteiger partial charge in [0.2, 0.25) is 0 Å². The van der Waals surface area contributed by atoms with Gasteiger partial charge in [-0.2, -0.15) is 0 Å². The van der Waals surface area contributed by atoms with Crippen molar-refractivity contribution >= 4 is 5.78 Å². The Balaban J connectivity index is 2.68. The van der Waals surface area contributed by atoms with Crippen molar-refractivity contribution in [1.82, 2.24) is 0 Å². The first-order valence-corrected chi connectivity index (χ1v) is 3.76. The van der Waals surface area contributed by atoms with E-state index in [1.807, 2.05) is 0 Å². The van der Waals surface area contributed by atoms with Crippen molar-refractivity contribution in [3.63, 3.8) is 0 Å². The number of carbonyl (C=O) groups excluding carboxylic acids is 1. The van der Waals surface area contributed by atoms with Gasteiger partial charge in [-0.05, 0) is 18.1 Å². The van der Waals surface area contributed by atoms with Crippen LogP contribution in [0.25, 0.3) is 0 Å². The summed E-state index contributed by atoms with van der Waals surface area (Å²) in [5.41, 5.74) is 1.13. The molecule has 0 radical (unpaired) electrons. The molecular weight excluding hydrogens is 156 g/mol. The van der Waals surface area contributed by atoms with Crippen LogP contribution in [0.3, 0.4) is 0 Å². The minimum Gasteiger partial charge on any atom is -0.508 e. The van der Waals surface area contributed by atoms with Crippen LogP contribution in [0.2, 0.25) is 0 Å². The predicted molar refractivity (Wildman–Crippen MR) is 42.4 cm³/mol. The summed E-state index contributed by atoms with van der Waals surface area (Å²) in [5, 5.41) is 18.4. The average Bonchev–Trinajstić information content (AvgIpc) is 2.31. The maximum Gasteiger partial charge on any atom is 0.167 e. The van der Waals surface area contributed by atoms with E-state index in [4.69, 9.17) is 5.11 Å². The zero-order valence-electron chi connectivity index (χ0n) is 6.37. The lowest BCUT2D eigenvalue weighted by Gasteiger charge is -2.01. The van der Waals surface area contributed by atoms with E-state index in [2.05, 4.69) is 0 Å². The van der Waals surface area contributed by atoms with Gasteiger partial charge in [-0.3, -0.25) is 4.79 Å². The normalized spacial score (nSPS) is 14.8. The number of carbonyl (C=O) groups is 1. The van der Waals surface area contributed by atoms with Crippen molar-refractivity contribution in [3.8, 4) is 11.5 Å².